The highest BCUT2D eigenvalue weighted by molar-refractivity contribution is 6.31. The number of likely N-dealkylation sites (tertiary alicyclic amines) is 1. The Morgan fingerprint density at radius 3 is 3.00 bits per heavy atom. The molecule has 1 fully saturated rings. The van der Waals surface area contributed by atoms with Crippen molar-refractivity contribution in [2.75, 3.05) is 13.1 Å². The number of nitrogens with zero attached hydrogens (tertiary/aromatic N) is 4. The summed E-state index contributed by atoms with van der Waals surface area (Å²) >= 11 is 6.18. The minimum atomic E-state index is 0.104. The van der Waals surface area contributed by atoms with Gasteiger partial charge in [-0.15, -0.1) is 0 Å². The molecule has 0 spiro atoms. The SMILES string of the molecule is O=C(Cc1ccccc1Cl)N1CCC[C@@H](c2[nH]nc3nccnc23)C1. The Hall–Kier alpha value is -2.47. The molecule has 1 aromatic carbocycles. The molecule has 0 bridgehead atoms. The summed E-state index contributed by atoms with van der Waals surface area (Å²) in [6.07, 6.45) is 5.59. The van der Waals surface area contributed by atoms with Gasteiger partial charge in [-0.3, -0.25) is 9.89 Å². The van der Waals surface area contributed by atoms with Crippen molar-refractivity contribution in [2.45, 2.75) is 25.2 Å². The van der Waals surface area contributed by atoms with Gasteiger partial charge in [-0.1, -0.05) is 29.8 Å². The van der Waals surface area contributed by atoms with Gasteiger partial charge < -0.3 is 4.90 Å². The van der Waals surface area contributed by atoms with Crippen molar-refractivity contribution in [2.24, 2.45) is 0 Å². The van der Waals surface area contributed by atoms with Gasteiger partial charge in [0, 0.05) is 36.4 Å². The first-order valence-electron chi connectivity index (χ1n) is 8.38. The van der Waals surface area contributed by atoms with E-state index in [1.165, 1.54) is 0 Å². The van der Waals surface area contributed by atoms with Crippen molar-refractivity contribution < 1.29 is 4.79 Å². The maximum Gasteiger partial charge on any atom is 0.227 e. The van der Waals surface area contributed by atoms with Crippen LogP contribution in [0.3, 0.4) is 0 Å². The largest absolute Gasteiger partial charge is 0.342 e. The molecule has 1 saturated heterocycles. The van der Waals surface area contributed by atoms with Crippen LogP contribution in [0.4, 0.5) is 0 Å². The van der Waals surface area contributed by atoms with Crippen LogP contribution in [0, 0.1) is 0 Å². The fraction of sp³-hybridized carbons (Fsp3) is 0.333. The summed E-state index contributed by atoms with van der Waals surface area (Å²) in [5, 5.41) is 7.93. The molecule has 1 amide bonds. The number of H-pyrrole nitrogens is 1. The quantitative estimate of drug-likeness (QED) is 0.783. The molecule has 128 valence electrons. The number of carbonyl (C=O) groups excluding carboxylic acids is 1. The highest BCUT2D eigenvalue weighted by atomic mass is 35.5. The molecule has 1 atom stereocenters. The van der Waals surface area contributed by atoms with E-state index in [1.54, 1.807) is 12.4 Å². The van der Waals surface area contributed by atoms with Crippen molar-refractivity contribution in [3.05, 3.63) is 52.9 Å². The topological polar surface area (TPSA) is 74.8 Å². The number of fused-ring (bicyclic) bond motifs is 1. The molecule has 25 heavy (non-hydrogen) atoms. The third-order valence-corrected chi connectivity index (χ3v) is 5.07. The Labute approximate surface area is 150 Å². The summed E-state index contributed by atoms with van der Waals surface area (Å²) in [6, 6.07) is 7.50. The van der Waals surface area contributed by atoms with E-state index in [4.69, 9.17) is 11.6 Å². The van der Waals surface area contributed by atoms with E-state index in [0.29, 0.717) is 23.6 Å². The fourth-order valence-electron chi connectivity index (χ4n) is 3.41. The van der Waals surface area contributed by atoms with Crippen LogP contribution < -0.4 is 0 Å². The number of aromatic nitrogens is 4. The van der Waals surface area contributed by atoms with E-state index in [0.717, 1.165) is 36.2 Å². The van der Waals surface area contributed by atoms with E-state index in [1.807, 2.05) is 29.2 Å². The maximum absolute atomic E-state index is 12.7. The van der Waals surface area contributed by atoms with E-state index < -0.39 is 0 Å². The maximum atomic E-state index is 12.7. The van der Waals surface area contributed by atoms with E-state index in [9.17, 15) is 4.79 Å². The summed E-state index contributed by atoms with van der Waals surface area (Å²) in [4.78, 5) is 23.2. The molecule has 3 heterocycles. The second-order valence-corrected chi connectivity index (χ2v) is 6.72. The summed E-state index contributed by atoms with van der Waals surface area (Å²) in [7, 11) is 0. The molecular weight excluding hydrogens is 338 g/mol. The monoisotopic (exact) mass is 355 g/mol. The van der Waals surface area contributed by atoms with Gasteiger partial charge in [0.1, 0.15) is 5.52 Å². The number of nitrogens with one attached hydrogen (secondary N) is 1. The number of hydrogen-bond donors (Lipinski definition) is 1. The molecule has 0 unspecified atom stereocenters. The zero-order valence-corrected chi connectivity index (χ0v) is 14.4. The lowest BCUT2D eigenvalue weighted by molar-refractivity contribution is -0.131. The third-order valence-electron chi connectivity index (χ3n) is 4.70. The predicted octanol–water partition coefficient (Wildman–Crippen LogP) is 2.96. The van der Waals surface area contributed by atoms with Crippen LogP contribution in [-0.2, 0) is 11.2 Å². The predicted molar refractivity (Wildman–Crippen MR) is 95.4 cm³/mol. The second kappa shape index (κ2) is 6.80. The van der Waals surface area contributed by atoms with Gasteiger partial charge in [0.05, 0.1) is 12.1 Å². The van der Waals surface area contributed by atoms with Crippen molar-refractivity contribution in [3.8, 4) is 0 Å². The first-order valence-corrected chi connectivity index (χ1v) is 8.76. The molecule has 3 aromatic rings. The van der Waals surface area contributed by atoms with Gasteiger partial charge in [0.15, 0.2) is 5.65 Å². The molecule has 2 aromatic heterocycles. The number of halogens is 1. The number of amides is 1. The smallest absolute Gasteiger partial charge is 0.227 e. The zero-order chi connectivity index (χ0) is 17.2. The summed E-state index contributed by atoms with van der Waals surface area (Å²) < 4.78 is 0. The van der Waals surface area contributed by atoms with E-state index in [-0.39, 0.29) is 11.8 Å². The van der Waals surface area contributed by atoms with Crippen LogP contribution in [0.25, 0.3) is 11.2 Å². The lowest BCUT2D eigenvalue weighted by Crippen LogP contribution is -2.40. The number of rotatable bonds is 3. The number of benzene rings is 1. The lowest BCUT2D eigenvalue weighted by Gasteiger charge is -2.32. The molecule has 1 N–H and O–H groups in total. The van der Waals surface area contributed by atoms with E-state index >= 15 is 0 Å². The molecule has 0 radical (unpaired) electrons. The Morgan fingerprint density at radius 2 is 2.12 bits per heavy atom. The number of hydrogen-bond acceptors (Lipinski definition) is 4. The Bertz CT molecular complexity index is 909. The summed E-state index contributed by atoms with van der Waals surface area (Å²) in [5.41, 5.74) is 3.26. The minimum absolute atomic E-state index is 0.104. The molecular formula is C18H18ClN5O. The minimum Gasteiger partial charge on any atom is -0.342 e. The molecule has 1 aliphatic heterocycles. The summed E-state index contributed by atoms with van der Waals surface area (Å²) in [6.45, 7) is 1.44. The van der Waals surface area contributed by atoms with Crippen molar-refractivity contribution in [3.63, 3.8) is 0 Å². The van der Waals surface area contributed by atoms with Crippen LogP contribution >= 0.6 is 11.6 Å². The van der Waals surface area contributed by atoms with Crippen LogP contribution in [0.15, 0.2) is 36.7 Å². The molecule has 0 aliphatic carbocycles. The van der Waals surface area contributed by atoms with Gasteiger partial charge in [0.25, 0.3) is 0 Å². The van der Waals surface area contributed by atoms with Crippen LogP contribution in [0.5, 0.6) is 0 Å². The van der Waals surface area contributed by atoms with Crippen molar-refractivity contribution in [1.29, 1.82) is 0 Å². The third kappa shape index (κ3) is 3.22. The molecule has 6 nitrogen and oxygen atoms in total. The lowest BCUT2D eigenvalue weighted by atomic mass is 9.94. The fourth-order valence-corrected chi connectivity index (χ4v) is 3.61. The number of aromatic amines is 1. The van der Waals surface area contributed by atoms with E-state index in [2.05, 4.69) is 20.2 Å². The molecule has 1 aliphatic rings. The second-order valence-electron chi connectivity index (χ2n) is 6.31. The van der Waals surface area contributed by atoms with Gasteiger partial charge in [0.2, 0.25) is 5.91 Å². The average molecular weight is 356 g/mol. The average Bonchev–Trinajstić information content (AvgIpc) is 3.08. The van der Waals surface area contributed by atoms with Crippen LogP contribution in [-0.4, -0.2) is 44.1 Å². The normalized spacial score (nSPS) is 17.8. The van der Waals surface area contributed by atoms with Gasteiger partial charge in [-0.05, 0) is 24.5 Å². The first-order chi connectivity index (χ1) is 12.2. The molecule has 4 rings (SSSR count). The van der Waals surface area contributed by atoms with Gasteiger partial charge >= 0.3 is 0 Å². The van der Waals surface area contributed by atoms with Gasteiger partial charge in [-0.2, -0.15) is 5.10 Å². The van der Waals surface area contributed by atoms with Crippen molar-refractivity contribution >= 4 is 28.7 Å². The Kier molecular flexibility index (Phi) is 4.36. The number of carbonyl (C=O) groups is 1. The zero-order valence-electron chi connectivity index (χ0n) is 13.7. The highest BCUT2D eigenvalue weighted by Gasteiger charge is 2.28. The molecule has 0 saturated carbocycles. The highest BCUT2D eigenvalue weighted by Crippen LogP contribution is 2.29. The standard InChI is InChI=1S/C18H18ClN5O/c19-14-6-2-1-4-12(14)10-15(25)24-9-3-5-13(11-24)16-17-18(23-22-16)21-8-7-20-17/h1-2,4,6-8,13H,3,5,9-11H2,(H,21,22,23)/t13-/m1/s1. The number of piperidine rings is 1. The van der Waals surface area contributed by atoms with Crippen LogP contribution in [0.1, 0.15) is 30.0 Å². The Morgan fingerprint density at radius 1 is 1.28 bits per heavy atom. The van der Waals surface area contributed by atoms with Gasteiger partial charge in [-0.25, -0.2) is 9.97 Å². The summed E-state index contributed by atoms with van der Waals surface area (Å²) in [5.74, 6) is 0.304. The molecule has 7 heteroatoms. The Balaban J connectivity index is 1.51. The van der Waals surface area contributed by atoms with Crippen molar-refractivity contribution in [1.82, 2.24) is 25.1 Å². The van der Waals surface area contributed by atoms with Crippen LogP contribution in [0.2, 0.25) is 5.02 Å². The first kappa shape index (κ1) is 16.0.